The maximum absolute atomic E-state index is 11.1. The van der Waals surface area contributed by atoms with Gasteiger partial charge in [-0.05, 0) is 36.1 Å². The third-order valence-corrected chi connectivity index (χ3v) is 5.03. The SMILES string of the molecule is O=C(O)c1cccc(N2Cc3ccccc3C3(CCC3)C2)n1. The van der Waals surface area contributed by atoms with E-state index in [1.165, 1.54) is 30.4 Å². The van der Waals surface area contributed by atoms with Crippen molar-refractivity contribution >= 4 is 11.8 Å². The first kappa shape index (κ1) is 13.3. The number of hydrogen-bond acceptors (Lipinski definition) is 3. The van der Waals surface area contributed by atoms with Crippen LogP contribution in [0.2, 0.25) is 0 Å². The molecule has 2 aromatic rings. The molecule has 0 bridgehead atoms. The number of aromatic carboxylic acids is 1. The Hall–Kier alpha value is -2.36. The van der Waals surface area contributed by atoms with Gasteiger partial charge in [0.1, 0.15) is 5.82 Å². The second kappa shape index (κ2) is 4.83. The summed E-state index contributed by atoms with van der Waals surface area (Å²) in [6.07, 6.45) is 3.68. The highest BCUT2D eigenvalue weighted by atomic mass is 16.4. The van der Waals surface area contributed by atoms with E-state index < -0.39 is 5.97 Å². The van der Waals surface area contributed by atoms with Gasteiger partial charge in [-0.15, -0.1) is 0 Å². The first-order chi connectivity index (χ1) is 10.7. The molecule has 1 spiro atoms. The molecule has 4 nitrogen and oxygen atoms in total. The van der Waals surface area contributed by atoms with Gasteiger partial charge in [0.05, 0.1) is 0 Å². The van der Waals surface area contributed by atoms with Gasteiger partial charge >= 0.3 is 5.97 Å². The number of fused-ring (bicyclic) bond motifs is 2. The van der Waals surface area contributed by atoms with E-state index in [9.17, 15) is 4.79 Å². The topological polar surface area (TPSA) is 53.4 Å². The lowest BCUT2D eigenvalue weighted by Crippen LogP contribution is -2.50. The molecule has 1 aliphatic carbocycles. The molecule has 1 N–H and O–H groups in total. The number of carboxylic acid groups (broad SMARTS) is 1. The molecule has 0 unspecified atom stereocenters. The molecule has 1 aliphatic heterocycles. The van der Waals surface area contributed by atoms with Crippen molar-refractivity contribution in [1.82, 2.24) is 4.98 Å². The third kappa shape index (κ3) is 1.98. The van der Waals surface area contributed by atoms with Gasteiger partial charge in [-0.2, -0.15) is 0 Å². The Morgan fingerprint density at radius 2 is 1.95 bits per heavy atom. The summed E-state index contributed by atoms with van der Waals surface area (Å²) in [7, 11) is 0. The molecule has 1 fully saturated rings. The van der Waals surface area contributed by atoms with Crippen molar-refractivity contribution in [2.75, 3.05) is 11.4 Å². The molecular weight excluding hydrogens is 276 g/mol. The number of nitrogens with zero attached hydrogens (tertiary/aromatic N) is 2. The van der Waals surface area contributed by atoms with Crippen molar-refractivity contribution in [2.45, 2.75) is 31.2 Å². The maximum atomic E-state index is 11.1. The van der Waals surface area contributed by atoms with Gasteiger partial charge in [-0.25, -0.2) is 9.78 Å². The number of carboxylic acids is 1. The standard InChI is InChI=1S/C18H18N2O2/c21-17(22)15-7-3-8-16(19-15)20-11-13-5-1-2-6-14(13)18(12-20)9-4-10-18/h1-3,5-8H,4,9-12H2,(H,21,22). The largest absolute Gasteiger partial charge is 0.477 e. The molecule has 1 aromatic heterocycles. The highest BCUT2D eigenvalue weighted by molar-refractivity contribution is 5.85. The van der Waals surface area contributed by atoms with Crippen LogP contribution in [0, 0.1) is 0 Å². The summed E-state index contributed by atoms with van der Waals surface area (Å²) >= 11 is 0. The van der Waals surface area contributed by atoms with Gasteiger partial charge in [0.2, 0.25) is 0 Å². The first-order valence-electron chi connectivity index (χ1n) is 7.72. The molecule has 0 amide bonds. The fourth-order valence-corrected chi connectivity index (χ4v) is 3.80. The number of benzene rings is 1. The minimum absolute atomic E-state index is 0.110. The monoisotopic (exact) mass is 294 g/mol. The van der Waals surface area contributed by atoms with Crippen molar-refractivity contribution in [3.05, 3.63) is 59.3 Å². The predicted molar refractivity (Wildman–Crippen MR) is 84.2 cm³/mol. The molecule has 4 heteroatoms. The number of hydrogen-bond donors (Lipinski definition) is 1. The van der Waals surface area contributed by atoms with Crippen LogP contribution in [0.5, 0.6) is 0 Å². The number of anilines is 1. The molecule has 4 rings (SSSR count). The van der Waals surface area contributed by atoms with Crippen molar-refractivity contribution in [3.63, 3.8) is 0 Å². The fraction of sp³-hybridized carbons (Fsp3) is 0.333. The van der Waals surface area contributed by atoms with Crippen LogP contribution in [0.15, 0.2) is 42.5 Å². The van der Waals surface area contributed by atoms with E-state index in [0.29, 0.717) is 0 Å². The average Bonchev–Trinajstić information content (AvgIpc) is 2.52. The molecule has 2 aliphatic rings. The van der Waals surface area contributed by atoms with Crippen LogP contribution in [0.1, 0.15) is 40.9 Å². The zero-order valence-corrected chi connectivity index (χ0v) is 12.3. The zero-order chi connectivity index (χ0) is 15.2. The van der Waals surface area contributed by atoms with Crippen molar-refractivity contribution < 1.29 is 9.90 Å². The summed E-state index contributed by atoms with van der Waals surface area (Å²) < 4.78 is 0. The van der Waals surface area contributed by atoms with Gasteiger partial charge in [-0.1, -0.05) is 36.8 Å². The number of rotatable bonds is 2. The second-order valence-electron chi connectivity index (χ2n) is 6.33. The lowest BCUT2D eigenvalue weighted by molar-refractivity contribution is 0.0690. The molecule has 22 heavy (non-hydrogen) atoms. The Labute approximate surface area is 129 Å². The lowest BCUT2D eigenvalue weighted by atomic mass is 9.61. The summed E-state index contributed by atoms with van der Waals surface area (Å²) in [5.74, 6) is -0.210. The van der Waals surface area contributed by atoms with Gasteiger partial charge in [0.25, 0.3) is 0 Å². The van der Waals surface area contributed by atoms with E-state index in [1.54, 1.807) is 12.1 Å². The second-order valence-corrected chi connectivity index (χ2v) is 6.33. The Kier molecular flexibility index (Phi) is 2.93. The number of aromatic nitrogens is 1. The van der Waals surface area contributed by atoms with Crippen LogP contribution >= 0.6 is 0 Å². The third-order valence-electron chi connectivity index (χ3n) is 5.03. The van der Waals surface area contributed by atoms with E-state index in [0.717, 1.165) is 18.9 Å². The molecule has 1 saturated carbocycles. The average molecular weight is 294 g/mol. The normalized spacial score (nSPS) is 18.6. The molecule has 0 atom stereocenters. The highest BCUT2D eigenvalue weighted by Crippen LogP contribution is 2.48. The van der Waals surface area contributed by atoms with Crippen LogP contribution in [0.25, 0.3) is 0 Å². The van der Waals surface area contributed by atoms with E-state index in [2.05, 4.69) is 34.1 Å². The van der Waals surface area contributed by atoms with Crippen molar-refractivity contribution in [2.24, 2.45) is 0 Å². The molecule has 112 valence electrons. The lowest BCUT2D eigenvalue weighted by Gasteiger charge is -2.50. The summed E-state index contributed by atoms with van der Waals surface area (Å²) in [4.78, 5) is 17.7. The molecular formula is C18H18N2O2. The Bertz CT molecular complexity index is 737. The number of pyridine rings is 1. The van der Waals surface area contributed by atoms with Crippen molar-refractivity contribution in [1.29, 1.82) is 0 Å². The smallest absolute Gasteiger partial charge is 0.354 e. The van der Waals surface area contributed by atoms with Crippen LogP contribution < -0.4 is 4.90 Å². The van der Waals surface area contributed by atoms with Crippen molar-refractivity contribution in [3.8, 4) is 0 Å². The Balaban J connectivity index is 1.73. The summed E-state index contributed by atoms with van der Waals surface area (Å²) in [5.41, 5.74) is 3.16. The molecule has 0 saturated heterocycles. The van der Waals surface area contributed by atoms with Crippen LogP contribution in [0.4, 0.5) is 5.82 Å². The van der Waals surface area contributed by atoms with Gasteiger partial charge in [0.15, 0.2) is 5.69 Å². The Morgan fingerprint density at radius 3 is 2.68 bits per heavy atom. The van der Waals surface area contributed by atoms with Crippen LogP contribution in [-0.2, 0) is 12.0 Å². The van der Waals surface area contributed by atoms with Gasteiger partial charge in [0, 0.05) is 18.5 Å². The van der Waals surface area contributed by atoms with E-state index in [1.807, 2.05) is 6.07 Å². The highest BCUT2D eigenvalue weighted by Gasteiger charge is 2.44. The minimum atomic E-state index is -0.974. The van der Waals surface area contributed by atoms with E-state index >= 15 is 0 Å². The van der Waals surface area contributed by atoms with E-state index in [4.69, 9.17) is 5.11 Å². The molecule has 1 aromatic carbocycles. The fourth-order valence-electron chi connectivity index (χ4n) is 3.80. The Morgan fingerprint density at radius 1 is 1.14 bits per heavy atom. The number of carbonyl (C=O) groups is 1. The minimum Gasteiger partial charge on any atom is -0.477 e. The summed E-state index contributed by atoms with van der Waals surface area (Å²) in [5, 5.41) is 9.14. The first-order valence-corrected chi connectivity index (χ1v) is 7.72. The van der Waals surface area contributed by atoms with Gasteiger partial charge < -0.3 is 10.0 Å². The van der Waals surface area contributed by atoms with Crippen LogP contribution in [0.3, 0.4) is 0 Å². The predicted octanol–water partition coefficient (Wildman–Crippen LogP) is 3.22. The zero-order valence-electron chi connectivity index (χ0n) is 12.3. The summed E-state index contributed by atoms with van der Waals surface area (Å²) in [6.45, 7) is 1.73. The molecule has 2 heterocycles. The van der Waals surface area contributed by atoms with Gasteiger partial charge in [-0.3, -0.25) is 0 Å². The van der Waals surface area contributed by atoms with E-state index in [-0.39, 0.29) is 11.1 Å². The summed E-state index contributed by atoms with van der Waals surface area (Å²) in [6, 6.07) is 13.9. The molecule has 0 radical (unpaired) electrons. The van der Waals surface area contributed by atoms with Crippen LogP contribution in [-0.4, -0.2) is 22.6 Å². The maximum Gasteiger partial charge on any atom is 0.354 e. The quantitative estimate of drug-likeness (QED) is 0.924.